The molecule has 0 amide bonds. The molecule has 3 heterocycles. The van der Waals surface area contributed by atoms with Crippen molar-refractivity contribution in [1.29, 1.82) is 0 Å². The van der Waals surface area contributed by atoms with Gasteiger partial charge in [-0.2, -0.15) is 0 Å². The summed E-state index contributed by atoms with van der Waals surface area (Å²) < 4.78 is 0. The van der Waals surface area contributed by atoms with E-state index < -0.39 is 0 Å². The highest BCUT2D eigenvalue weighted by Gasteiger charge is 2.06. The lowest BCUT2D eigenvalue weighted by Gasteiger charge is -2.03. The van der Waals surface area contributed by atoms with E-state index in [0.717, 1.165) is 27.7 Å². The highest BCUT2D eigenvalue weighted by Crippen LogP contribution is 2.25. The summed E-state index contributed by atoms with van der Waals surface area (Å²) in [4.78, 5) is 19.8. The first-order valence-corrected chi connectivity index (χ1v) is 6.75. The van der Waals surface area contributed by atoms with Crippen LogP contribution in [0, 0.1) is 0 Å². The molecule has 0 radical (unpaired) electrons. The molecule has 7 heteroatoms. The van der Waals surface area contributed by atoms with Gasteiger partial charge in [0.2, 0.25) is 0 Å². The van der Waals surface area contributed by atoms with Gasteiger partial charge < -0.3 is 10.3 Å². The predicted octanol–water partition coefficient (Wildman–Crippen LogP) is 2.08. The van der Waals surface area contributed by atoms with Crippen molar-refractivity contribution in [1.82, 2.24) is 24.9 Å². The minimum Gasteiger partial charge on any atom is -0.373 e. The Balaban J connectivity index is 1.76. The number of pyridine rings is 1. The summed E-state index contributed by atoms with van der Waals surface area (Å²) in [7, 11) is 1.85. The summed E-state index contributed by atoms with van der Waals surface area (Å²) in [6, 6.07) is 4.01. The van der Waals surface area contributed by atoms with Crippen LogP contribution >= 0.6 is 11.8 Å². The fraction of sp³-hybridized carbons (Fsp3) is 0.167. The fourth-order valence-corrected chi connectivity index (χ4v) is 2.55. The first kappa shape index (κ1) is 11.9. The smallest absolute Gasteiger partial charge is 0.181 e. The van der Waals surface area contributed by atoms with Crippen LogP contribution in [-0.4, -0.2) is 32.0 Å². The van der Waals surface area contributed by atoms with E-state index in [9.17, 15) is 0 Å². The standard InChI is InChI=1S/C12H12N6S/c1-13-9-3-2-8(4-14-9)5-19-12-10-11(16-6-15-10)17-7-18-12/h2-4,6-7H,5H2,1H3,(H,13,14)(H,15,16,17,18). The van der Waals surface area contributed by atoms with Gasteiger partial charge in [0.15, 0.2) is 5.65 Å². The van der Waals surface area contributed by atoms with Crippen molar-refractivity contribution in [3.8, 4) is 0 Å². The van der Waals surface area contributed by atoms with Gasteiger partial charge in [-0.15, -0.1) is 0 Å². The van der Waals surface area contributed by atoms with E-state index in [1.54, 1.807) is 18.1 Å². The van der Waals surface area contributed by atoms with Crippen molar-refractivity contribution >= 4 is 28.7 Å². The van der Waals surface area contributed by atoms with Crippen molar-refractivity contribution in [2.24, 2.45) is 0 Å². The van der Waals surface area contributed by atoms with Gasteiger partial charge in [-0.1, -0.05) is 17.8 Å². The number of aromatic amines is 1. The van der Waals surface area contributed by atoms with Crippen LogP contribution in [0.5, 0.6) is 0 Å². The molecule has 3 aromatic rings. The van der Waals surface area contributed by atoms with E-state index in [-0.39, 0.29) is 0 Å². The van der Waals surface area contributed by atoms with Gasteiger partial charge in [-0.3, -0.25) is 0 Å². The molecule has 0 fully saturated rings. The monoisotopic (exact) mass is 272 g/mol. The lowest BCUT2D eigenvalue weighted by molar-refractivity contribution is 1.08. The van der Waals surface area contributed by atoms with Crippen LogP contribution in [0.2, 0.25) is 0 Å². The Morgan fingerprint density at radius 3 is 2.95 bits per heavy atom. The molecule has 0 aliphatic carbocycles. The van der Waals surface area contributed by atoms with Gasteiger partial charge >= 0.3 is 0 Å². The molecule has 0 unspecified atom stereocenters. The zero-order valence-corrected chi connectivity index (χ0v) is 11.1. The van der Waals surface area contributed by atoms with Crippen molar-refractivity contribution < 1.29 is 0 Å². The summed E-state index contributed by atoms with van der Waals surface area (Å²) in [5.74, 6) is 1.68. The lowest BCUT2D eigenvalue weighted by atomic mass is 10.3. The molecular weight excluding hydrogens is 260 g/mol. The van der Waals surface area contributed by atoms with Crippen LogP contribution in [0.15, 0.2) is 36.0 Å². The zero-order chi connectivity index (χ0) is 13.1. The van der Waals surface area contributed by atoms with E-state index in [1.165, 1.54) is 6.33 Å². The number of hydrogen-bond acceptors (Lipinski definition) is 6. The molecule has 96 valence electrons. The number of nitrogens with one attached hydrogen (secondary N) is 2. The van der Waals surface area contributed by atoms with E-state index in [1.807, 2.05) is 19.3 Å². The summed E-state index contributed by atoms with van der Waals surface area (Å²) in [6.07, 6.45) is 5.03. The molecule has 0 spiro atoms. The first-order chi connectivity index (χ1) is 9.36. The Morgan fingerprint density at radius 1 is 1.21 bits per heavy atom. The Kier molecular flexibility index (Phi) is 3.28. The average Bonchev–Trinajstić information content (AvgIpc) is 2.94. The molecule has 0 atom stereocenters. The first-order valence-electron chi connectivity index (χ1n) is 5.76. The van der Waals surface area contributed by atoms with Crippen LogP contribution in [0.3, 0.4) is 0 Å². The molecule has 2 N–H and O–H groups in total. The average molecular weight is 272 g/mol. The molecular formula is C12H12N6S. The van der Waals surface area contributed by atoms with Gasteiger partial charge in [-0.25, -0.2) is 19.9 Å². The lowest BCUT2D eigenvalue weighted by Crippen LogP contribution is -1.92. The largest absolute Gasteiger partial charge is 0.373 e. The van der Waals surface area contributed by atoms with Gasteiger partial charge in [0.25, 0.3) is 0 Å². The van der Waals surface area contributed by atoms with Crippen LogP contribution in [0.1, 0.15) is 5.56 Å². The molecule has 3 rings (SSSR count). The molecule has 0 aromatic carbocycles. The van der Waals surface area contributed by atoms with Crippen molar-refractivity contribution in [3.05, 3.63) is 36.5 Å². The predicted molar refractivity (Wildman–Crippen MR) is 75.0 cm³/mol. The van der Waals surface area contributed by atoms with Gasteiger partial charge in [0.1, 0.15) is 22.7 Å². The molecule has 19 heavy (non-hydrogen) atoms. The van der Waals surface area contributed by atoms with Crippen molar-refractivity contribution in [2.45, 2.75) is 10.8 Å². The number of nitrogens with zero attached hydrogens (tertiary/aromatic N) is 4. The number of anilines is 1. The van der Waals surface area contributed by atoms with Crippen LogP contribution in [0.25, 0.3) is 11.2 Å². The second kappa shape index (κ2) is 5.23. The van der Waals surface area contributed by atoms with Crippen LogP contribution in [0.4, 0.5) is 5.82 Å². The maximum Gasteiger partial charge on any atom is 0.181 e. The second-order valence-corrected chi connectivity index (χ2v) is 4.83. The van der Waals surface area contributed by atoms with E-state index in [4.69, 9.17) is 0 Å². The van der Waals surface area contributed by atoms with Crippen LogP contribution < -0.4 is 5.32 Å². The number of imidazole rings is 1. The third-order valence-corrected chi connectivity index (χ3v) is 3.71. The quantitative estimate of drug-likeness (QED) is 0.559. The molecule has 0 bridgehead atoms. The summed E-state index contributed by atoms with van der Waals surface area (Å²) >= 11 is 1.64. The number of fused-ring (bicyclic) bond motifs is 1. The Labute approximate surface area is 114 Å². The maximum absolute atomic E-state index is 4.28. The topological polar surface area (TPSA) is 79.4 Å². The normalized spacial score (nSPS) is 10.8. The molecule has 0 aliphatic heterocycles. The maximum atomic E-state index is 4.28. The SMILES string of the molecule is CNc1ccc(CSc2ncnc3nc[nH]c23)cn1. The third kappa shape index (κ3) is 2.50. The number of rotatable bonds is 4. The third-order valence-electron chi connectivity index (χ3n) is 2.64. The van der Waals surface area contributed by atoms with Gasteiger partial charge in [-0.05, 0) is 11.6 Å². The highest BCUT2D eigenvalue weighted by molar-refractivity contribution is 7.98. The molecule has 3 aromatic heterocycles. The minimum absolute atomic E-state index is 0.696. The Bertz CT molecular complexity index is 678. The molecule has 0 aliphatic rings. The Morgan fingerprint density at radius 2 is 2.16 bits per heavy atom. The summed E-state index contributed by atoms with van der Waals surface area (Å²) in [5, 5.41) is 3.90. The second-order valence-electron chi connectivity index (χ2n) is 3.87. The number of aromatic nitrogens is 5. The zero-order valence-electron chi connectivity index (χ0n) is 10.3. The highest BCUT2D eigenvalue weighted by atomic mass is 32.2. The van der Waals surface area contributed by atoms with E-state index in [2.05, 4.69) is 36.3 Å². The van der Waals surface area contributed by atoms with E-state index >= 15 is 0 Å². The van der Waals surface area contributed by atoms with Crippen molar-refractivity contribution in [3.63, 3.8) is 0 Å². The molecule has 0 saturated heterocycles. The van der Waals surface area contributed by atoms with Crippen LogP contribution in [-0.2, 0) is 5.75 Å². The minimum atomic E-state index is 0.696. The van der Waals surface area contributed by atoms with E-state index in [0.29, 0.717) is 5.65 Å². The van der Waals surface area contributed by atoms with Crippen molar-refractivity contribution in [2.75, 3.05) is 12.4 Å². The summed E-state index contributed by atoms with van der Waals surface area (Å²) in [6.45, 7) is 0. The summed E-state index contributed by atoms with van der Waals surface area (Å²) in [5.41, 5.74) is 2.73. The number of hydrogen-bond donors (Lipinski definition) is 2. The Hall–Kier alpha value is -2.15. The van der Waals surface area contributed by atoms with Gasteiger partial charge in [0.05, 0.1) is 6.33 Å². The van der Waals surface area contributed by atoms with Gasteiger partial charge in [0, 0.05) is 19.0 Å². The fourth-order valence-electron chi connectivity index (χ4n) is 1.66. The molecule has 0 saturated carbocycles. The molecule has 6 nitrogen and oxygen atoms in total. The number of thioether (sulfide) groups is 1. The number of H-pyrrole nitrogens is 1.